The number of benzene rings is 4. The first-order valence-corrected chi connectivity index (χ1v) is 13.9. The average molecular weight is 531 g/mol. The van der Waals surface area contributed by atoms with Crippen LogP contribution < -0.4 is 5.32 Å². The Hall–Kier alpha value is -4.35. The first-order chi connectivity index (χ1) is 19.0. The highest BCUT2D eigenvalue weighted by Crippen LogP contribution is 2.39. The number of aromatic nitrogens is 1. The first-order valence-electron chi connectivity index (χ1n) is 13.1. The summed E-state index contributed by atoms with van der Waals surface area (Å²) >= 11 is 1.44. The van der Waals surface area contributed by atoms with Gasteiger partial charge < -0.3 is 5.32 Å². The Morgan fingerprint density at radius 1 is 0.692 bits per heavy atom. The molecule has 0 bridgehead atoms. The Balaban J connectivity index is 1.32. The van der Waals surface area contributed by atoms with Crippen molar-refractivity contribution in [2.45, 2.75) is 32.6 Å². The van der Waals surface area contributed by atoms with Gasteiger partial charge in [0.15, 0.2) is 10.9 Å². The summed E-state index contributed by atoms with van der Waals surface area (Å²) in [5.41, 5.74) is 6.96. The molecule has 1 amide bonds. The van der Waals surface area contributed by atoms with E-state index in [9.17, 15) is 9.59 Å². The van der Waals surface area contributed by atoms with Crippen molar-refractivity contribution < 1.29 is 9.59 Å². The molecular weight excluding hydrogens is 500 g/mol. The summed E-state index contributed by atoms with van der Waals surface area (Å²) in [5.74, 6) is 0.149. The number of hydrogen-bond donors (Lipinski definition) is 1. The van der Waals surface area contributed by atoms with Gasteiger partial charge in [-0.15, -0.1) is 0 Å². The molecule has 0 fully saturated rings. The zero-order valence-electron chi connectivity index (χ0n) is 22.1. The summed E-state index contributed by atoms with van der Waals surface area (Å²) in [6, 6.07) is 36.3. The highest BCUT2D eigenvalue weighted by Gasteiger charge is 2.17. The lowest BCUT2D eigenvalue weighted by atomic mass is 9.99. The van der Waals surface area contributed by atoms with Crippen LogP contribution in [-0.2, 0) is 4.79 Å². The molecule has 5 aromatic rings. The summed E-state index contributed by atoms with van der Waals surface area (Å²) in [5, 5.41) is 3.45. The molecule has 0 spiro atoms. The number of anilines is 1. The number of ketones is 1. The molecule has 4 nitrogen and oxygen atoms in total. The molecule has 1 heterocycles. The van der Waals surface area contributed by atoms with E-state index in [0.29, 0.717) is 16.6 Å². The summed E-state index contributed by atoms with van der Waals surface area (Å²) < 4.78 is 0. The largest absolute Gasteiger partial charge is 0.302 e. The third-order valence-electron chi connectivity index (χ3n) is 6.65. The van der Waals surface area contributed by atoms with Gasteiger partial charge in [-0.05, 0) is 28.2 Å². The molecular formula is C34H30N2O2S. The molecule has 5 rings (SSSR count). The van der Waals surface area contributed by atoms with Crippen LogP contribution in [-0.4, -0.2) is 16.7 Å². The molecule has 0 saturated carbocycles. The molecule has 0 unspecified atom stereocenters. The molecule has 0 aliphatic carbocycles. The Bertz CT molecular complexity index is 1560. The highest BCUT2D eigenvalue weighted by molar-refractivity contribution is 7.19. The highest BCUT2D eigenvalue weighted by atomic mass is 32.1. The molecule has 0 saturated heterocycles. The third kappa shape index (κ3) is 6.39. The fraction of sp³-hybridized carbons (Fsp3) is 0.147. The van der Waals surface area contributed by atoms with Gasteiger partial charge in [0.05, 0.1) is 10.6 Å². The zero-order valence-corrected chi connectivity index (χ0v) is 22.9. The van der Waals surface area contributed by atoms with Crippen molar-refractivity contribution in [1.82, 2.24) is 4.98 Å². The van der Waals surface area contributed by atoms with Gasteiger partial charge in [-0.3, -0.25) is 9.59 Å². The number of nitrogens with one attached hydrogen (secondary N) is 1. The van der Waals surface area contributed by atoms with Crippen molar-refractivity contribution in [3.05, 3.63) is 120 Å². The van der Waals surface area contributed by atoms with Crippen LogP contribution in [0.25, 0.3) is 32.8 Å². The number of thiazole rings is 1. The lowest BCUT2D eigenvalue weighted by Crippen LogP contribution is -2.13. The third-order valence-corrected chi connectivity index (χ3v) is 7.67. The molecule has 194 valence electrons. The second-order valence-corrected chi connectivity index (χ2v) is 10.8. The van der Waals surface area contributed by atoms with Crippen LogP contribution >= 0.6 is 11.3 Å². The molecule has 1 aromatic heterocycles. The fourth-order valence-corrected chi connectivity index (χ4v) is 5.42. The number of Topliss-reactive ketones (excluding diaryl/α,β-unsaturated/α-hetero) is 1. The van der Waals surface area contributed by atoms with E-state index in [0.717, 1.165) is 32.8 Å². The van der Waals surface area contributed by atoms with Gasteiger partial charge >= 0.3 is 0 Å². The van der Waals surface area contributed by atoms with Crippen molar-refractivity contribution >= 4 is 28.2 Å². The van der Waals surface area contributed by atoms with E-state index in [-0.39, 0.29) is 24.5 Å². The van der Waals surface area contributed by atoms with E-state index in [1.165, 1.54) is 16.9 Å². The van der Waals surface area contributed by atoms with E-state index in [1.807, 2.05) is 72.8 Å². The molecule has 1 N–H and O–H groups in total. The molecule has 0 aliphatic heterocycles. The second-order valence-electron chi connectivity index (χ2n) is 9.75. The summed E-state index contributed by atoms with van der Waals surface area (Å²) in [7, 11) is 0. The van der Waals surface area contributed by atoms with Gasteiger partial charge in [-0.25, -0.2) is 4.98 Å². The van der Waals surface area contributed by atoms with Crippen molar-refractivity contribution in [3.8, 4) is 32.8 Å². The maximum atomic E-state index is 12.8. The summed E-state index contributed by atoms with van der Waals surface area (Å²) in [6.45, 7) is 4.24. The molecule has 0 radical (unpaired) electrons. The lowest BCUT2D eigenvalue weighted by molar-refractivity contribution is -0.116. The molecule has 0 aliphatic rings. The van der Waals surface area contributed by atoms with Gasteiger partial charge in [-0.2, -0.15) is 0 Å². The van der Waals surface area contributed by atoms with Crippen LogP contribution in [0.15, 0.2) is 109 Å². The van der Waals surface area contributed by atoms with Gasteiger partial charge in [-0.1, -0.05) is 134 Å². The van der Waals surface area contributed by atoms with E-state index < -0.39 is 0 Å². The topological polar surface area (TPSA) is 59.1 Å². The number of rotatable bonds is 9. The molecule has 0 atom stereocenters. The molecule has 39 heavy (non-hydrogen) atoms. The van der Waals surface area contributed by atoms with E-state index >= 15 is 0 Å². The quantitative estimate of drug-likeness (QED) is 0.194. The van der Waals surface area contributed by atoms with Gasteiger partial charge in [0.2, 0.25) is 5.91 Å². The minimum Gasteiger partial charge on any atom is -0.302 e. The fourth-order valence-electron chi connectivity index (χ4n) is 4.41. The molecule has 4 aromatic carbocycles. The second kappa shape index (κ2) is 12.0. The van der Waals surface area contributed by atoms with Crippen molar-refractivity contribution in [2.24, 2.45) is 0 Å². The Labute approximate surface area is 233 Å². The SMILES string of the molecule is CC(C)c1ccc(C(=O)CCC(=O)Nc2nc(-c3ccccc3)c(-c3ccc(-c4ccccc4)cc3)s2)cc1. The summed E-state index contributed by atoms with van der Waals surface area (Å²) in [6.07, 6.45) is 0.254. The van der Waals surface area contributed by atoms with Crippen LogP contribution in [0.5, 0.6) is 0 Å². The van der Waals surface area contributed by atoms with E-state index in [1.54, 1.807) is 0 Å². The molecule has 5 heteroatoms. The zero-order chi connectivity index (χ0) is 27.2. The number of amides is 1. The first kappa shape index (κ1) is 26.3. The van der Waals surface area contributed by atoms with Crippen LogP contribution in [0.3, 0.4) is 0 Å². The van der Waals surface area contributed by atoms with E-state index in [2.05, 4.69) is 55.6 Å². The van der Waals surface area contributed by atoms with Crippen molar-refractivity contribution in [1.29, 1.82) is 0 Å². The monoisotopic (exact) mass is 530 g/mol. The average Bonchev–Trinajstić information content (AvgIpc) is 3.40. The smallest absolute Gasteiger partial charge is 0.226 e. The van der Waals surface area contributed by atoms with Gasteiger partial charge in [0.1, 0.15) is 0 Å². The minimum atomic E-state index is -0.221. The maximum Gasteiger partial charge on any atom is 0.226 e. The van der Waals surface area contributed by atoms with E-state index in [4.69, 9.17) is 4.98 Å². The number of hydrogen-bond acceptors (Lipinski definition) is 4. The maximum absolute atomic E-state index is 12.8. The Morgan fingerprint density at radius 3 is 1.87 bits per heavy atom. The lowest BCUT2D eigenvalue weighted by Gasteiger charge is -2.06. The van der Waals surface area contributed by atoms with Crippen LogP contribution in [0.4, 0.5) is 5.13 Å². The predicted molar refractivity (Wildman–Crippen MR) is 161 cm³/mol. The van der Waals surface area contributed by atoms with Gasteiger partial charge in [0, 0.05) is 24.0 Å². The van der Waals surface area contributed by atoms with Crippen LogP contribution in [0, 0.1) is 0 Å². The number of carbonyl (C=O) groups is 2. The van der Waals surface area contributed by atoms with Crippen molar-refractivity contribution in [3.63, 3.8) is 0 Å². The standard InChI is InChI=1S/C34H30N2O2S/c1-23(2)24-13-17-27(18-14-24)30(37)21-22-31(38)35-34-36-32(28-11-7-4-8-12-28)33(39-34)29-19-15-26(16-20-29)25-9-5-3-6-10-25/h3-20,23H,21-22H2,1-2H3,(H,35,36,38). The van der Waals surface area contributed by atoms with Crippen molar-refractivity contribution in [2.75, 3.05) is 5.32 Å². The normalized spacial score (nSPS) is 10.9. The number of nitrogens with zero attached hydrogens (tertiary/aromatic N) is 1. The van der Waals surface area contributed by atoms with Crippen LogP contribution in [0.1, 0.15) is 48.5 Å². The number of carbonyl (C=O) groups excluding carboxylic acids is 2. The summed E-state index contributed by atoms with van der Waals surface area (Å²) in [4.78, 5) is 31.2. The van der Waals surface area contributed by atoms with Gasteiger partial charge in [0.25, 0.3) is 0 Å². The predicted octanol–water partition coefficient (Wildman–Crippen LogP) is 8.87. The Kier molecular flexibility index (Phi) is 8.09. The van der Waals surface area contributed by atoms with Crippen LogP contribution in [0.2, 0.25) is 0 Å². The minimum absolute atomic E-state index is 0.0382. The Morgan fingerprint density at radius 2 is 1.26 bits per heavy atom.